The van der Waals surface area contributed by atoms with E-state index >= 15 is 0 Å². The van der Waals surface area contributed by atoms with Gasteiger partial charge in [-0.05, 0) is 42.6 Å². The van der Waals surface area contributed by atoms with Gasteiger partial charge in [0.25, 0.3) is 5.69 Å². The average molecular weight is 386 g/mol. The number of nitrogens with one attached hydrogen (secondary N) is 2. The lowest BCUT2D eigenvalue weighted by Crippen LogP contribution is -2.23. The van der Waals surface area contributed by atoms with Crippen LogP contribution >= 0.6 is 12.2 Å². The van der Waals surface area contributed by atoms with Crippen LogP contribution in [0.1, 0.15) is 5.56 Å². The molecule has 0 atom stereocenters. The van der Waals surface area contributed by atoms with E-state index in [1.807, 2.05) is 0 Å². The number of thiocarbonyl (C=S) groups is 1. The Morgan fingerprint density at radius 3 is 2.63 bits per heavy atom. The zero-order valence-electron chi connectivity index (χ0n) is 14.7. The van der Waals surface area contributed by atoms with Gasteiger partial charge >= 0.3 is 0 Å². The predicted molar refractivity (Wildman–Crippen MR) is 110 cm³/mol. The molecule has 2 aromatic rings. The van der Waals surface area contributed by atoms with Crippen molar-refractivity contribution in [3.63, 3.8) is 0 Å². The first kappa shape index (κ1) is 19.9. The Bertz CT molecular complexity index is 883. The minimum absolute atomic E-state index is 0.0285. The summed E-state index contributed by atoms with van der Waals surface area (Å²) >= 11 is 5.15. The maximum absolute atomic E-state index is 10.9. The SMILES string of the molecule is COc1ccc(NC(=S)N/N=C\C=C\c2ccccc2[N+](=O)[O-])cc1OC. The molecular formula is C18H18N4O4S. The summed E-state index contributed by atoms with van der Waals surface area (Å²) in [5.41, 5.74) is 3.87. The van der Waals surface area contributed by atoms with Crippen molar-refractivity contribution in [2.45, 2.75) is 0 Å². The molecule has 0 fully saturated rings. The molecule has 0 saturated carbocycles. The normalized spacial score (nSPS) is 10.7. The third-order valence-electron chi connectivity index (χ3n) is 3.38. The van der Waals surface area contributed by atoms with E-state index in [4.69, 9.17) is 21.7 Å². The Morgan fingerprint density at radius 1 is 1.19 bits per heavy atom. The molecule has 0 amide bonds. The van der Waals surface area contributed by atoms with Crippen molar-refractivity contribution < 1.29 is 14.4 Å². The second-order valence-corrected chi connectivity index (χ2v) is 5.50. The summed E-state index contributed by atoms with van der Waals surface area (Å²) < 4.78 is 10.4. The minimum atomic E-state index is -0.433. The summed E-state index contributed by atoms with van der Waals surface area (Å²) in [7, 11) is 3.11. The highest BCUT2D eigenvalue weighted by Crippen LogP contribution is 2.29. The highest BCUT2D eigenvalue weighted by Gasteiger charge is 2.08. The zero-order valence-corrected chi connectivity index (χ0v) is 15.5. The molecule has 140 valence electrons. The summed E-state index contributed by atoms with van der Waals surface area (Å²) in [6, 6.07) is 11.7. The van der Waals surface area contributed by atoms with Gasteiger partial charge in [-0.15, -0.1) is 0 Å². The fourth-order valence-corrected chi connectivity index (χ4v) is 2.32. The van der Waals surface area contributed by atoms with E-state index in [0.29, 0.717) is 22.7 Å². The van der Waals surface area contributed by atoms with Gasteiger partial charge in [-0.2, -0.15) is 5.10 Å². The first-order valence-corrected chi connectivity index (χ1v) is 8.18. The molecule has 0 saturated heterocycles. The van der Waals surface area contributed by atoms with Crippen LogP contribution in [0, 0.1) is 10.1 Å². The lowest BCUT2D eigenvalue weighted by atomic mass is 10.2. The molecule has 27 heavy (non-hydrogen) atoms. The van der Waals surface area contributed by atoms with Gasteiger partial charge in [0.1, 0.15) is 0 Å². The lowest BCUT2D eigenvalue weighted by Gasteiger charge is -2.11. The summed E-state index contributed by atoms with van der Waals surface area (Å²) in [5, 5.41) is 18.1. The molecule has 0 radical (unpaired) electrons. The first-order chi connectivity index (χ1) is 13.0. The number of anilines is 1. The topological polar surface area (TPSA) is 98.0 Å². The predicted octanol–water partition coefficient (Wildman–Crippen LogP) is 3.60. The number of rotatable bonds is 7. The second kappa shape index (κ2) is 9.88. The number of para-hydroxylation sites is 1. The number of nitro benzene ring substituents is 1. The number of nitro groups is 1. The lowest BCUT2D eigenvalue weighted by molar-refractivity contribution is -0.385. The number of nitrogens with zero attached hydrogens (tertiary/aromatic N) is 2. The van der Waals surface area contributed by atoms with E-state index in [2.05, 4.69) is 15.8 Å². The van der Waals surface area contributed by atoms with Crippen LogP contribution < -0.4 is 20.2 Å². The second-order valence-electron chi connectivity index (χ2n) is 5.09. The average Bonchev–Trinajstić information content (AvgIpc) is 2.67. The smallest absolute Gasteiger partial charge is 0.276 e. The largest absolute Gasteiger partial charge is 0.493 e. The van der Waals surface area contributed by atoms with Gasteiger partial charge in [0.15, 0.2) is 16.6 Å². The molecule has 0 aliphatic rings. The summed E-state index contributed by atoms with van der Waals surface area (Å²) in [6.07, 6.45) is 4.61. The first-order valence-electron chi connectivity index (χ1n) is 7.77. The molecule has 2 N–H and O–H groups in total. The van der Waals surface area contributed by atoms with E-state index in [1.165, 1.54) is 12.3 Å². The van der Waals surface area contributed by atoms with Crippen molar-refractivity contribution >= 4 is 41.0 Å². The van der Waals surface area contributed by atoms with Gasteiger partial charge in [-0.1, -0.05) is 12.1 Å². The Labute approximate surface area is 161 Å². The number of allylic oxidation sites excluding steroid dienone is 1. The van der Waals surface area contributed by atoms with Gasteiger partial charge < -0.3 is 14.8 Å². The number of hydrazone groups is 1. The van der Waals surface area contributed by atoms with Crippen molar-refractivity contribution in [3.05, 3.63) is 64.2 Å². The monoisotopic (exact) mass is 386 g/mol. The molecule has 2 aromatic carbocycles. The van der Waals surface area contributed by atoms with Crippen LogP contribution in [0.2, 0.25) is 0 Å². The molecule has 8 nitrogen and oxygen atoms in total. The van der Waals surface area contributed by atoms with E-state index < -0.39 is 4.92 Å². The fraction of sp³-hybridized carbons (Fsp3) is 0.111. The molecule has 0 aromatic heterocycles. The molecule has 0 unspecified atom stereocenters. The molecule has 2 rings (SSSR count). The van der Waals surface area contributed by atoms with E-state index in [9.17, 15) is 10.1 Å². The van der Waals surface area contributed by atoms with Gasteiger partial charge in [0.2, 0.25) is 0 Å². The van der Waals surface area contributed by atoms with Crippen molar-refractivity contribution in [2.24, 2.45) is 5.10 Å². The van der Waals surface area contributed by atoms with Crippen LogP contribution in [0.15, 0.2) is 53.6 Å². The third-order valence-corrected chi connectivity index (χ3v) is 3.57. The van der Waals surface area contributed by atoms with Crippen LogP contribution in [0.25, 0.3) is 6.08 Å². The van der Waals surface area contributed by atoms with E-state index in [0.717, 1.165) is 0 Å². The zero-order chi connectivity index (χ0) is 19.6. The van der Waals surface area contributed by atoms with Gasteiger partial charge in [-0.25, -0.2) is 0 Å². The quantitative estimate of drug-likeness (QED) is 0.325. The number of hydrogen-bond donors (Lipinski definition) is 2. The van der Waals surface area contributed by atoms with Crippen molar-refractivity contribution in [2.75, 3.05) is 19.5 Å². The van der Waals surface area contributed by atoms with Crippen molar-refractivity contribution in [1.29, 1.82) is 0 Å². The van der Waals surface area contributed by atoms with Gasteiger partial charge in [0, 0.05) is 24.0 Å². The Balaban J connectivity index is 1.91. The molecule has 9 heteroatoms. The summed E-state index contributed by atoms with van der Waals surface area (Å²) in [6.45, 7) is 0. The maximum atomic E-state index is 10.9. The van der Waals surface area contributed by atoms with E-state index in [1.54, 1.807) is 62.8 Å². The standard InChI is InChI=1S/C18H18N4O4S/c1-25-16-10-9-14(12-17(16)26-2)20-18(27)21-19-11-5-7-13-6-3-4-8-15(13)22(23)24/h3-12H,1-2H3,(H2,20,21,27)/b7-5+,19-11-. The van der Waals surface area contributed by atoms with Gasteiger partial charge in [-0.3, -0.25) is 15.5 Å². The molecular weight excluding hydrogens is 368 g/mol. The van der Waals surface area contributed by atoms with Crippen LogP contribution in [0.5, 0.6) is 11.5 Å². The van der Waals surface area contributed by atoms with Gasteiger partial charge in [0.05, 0.1) is 24.7 Å². The van der Waals surface area contributed by atoms with Crippen LogP contribution in [0.4, 0.5) is 11.4 Å². The molecule has 0 spiro atoms. The number of hydrogen-bond acceptors (Lipinski definition) is 6. The minimum Gasteiger partial charge on any atom is -0.493 e. The molecule has 0 aliphatic heterocycles. The number of methoxy groups -OCH3 is 2. The number of benzene rings is 2. The number of ether oxygens (including phenoxy) is 2. The van der Waals surface area contributed by atoms with Crippen molar-refractivity contribution in [1.82, 2.24) is 5.43 Å². The molecule has 0 heterocycles. The Hall–Kier alpha value is -3.46. The summed E-state index contributed by atoms with van der Waals surface area (Å²) in [4.78, 5) is 10.5. The highest BCUT2D eigenvalue weighted by atomic mass is 32.1. The molecule has 0 aliphatic carbocycles. The Morgan fingerprint density at radius 2 is 1.93 bits per heavy atom. The van der Waals surface area contributed by atoms with Crippen LogP contribution in [0.3, 0.4) is 0 Å². The van der Waals surface area contributed by atoms with Crippen LogP contribution in [-0.4, -0.2) is 30.5 Å². The van der Waals surface area contributed by atoms with Crippen LogP contribution in [-0.2, 0) is 0 Å². The molecule has 0 bridgehead atoms. The maximum Gasteiger partial charge on any atom is 0.276 e. The van der Waals surface area contributed by atoms with Crippen molar-refractivity contribution in [3.8, 4) is 11.5 Å². The fourth-order valence-electron chi connectivity index (χ4n) is 2.15. The summed E-state index contributed by atoms with van der Waals surface area (Å²) in [5.74, 6) is 1.18. The third kappa shape index (κ3) is 5.79. The van der Waals surface area contributed by atoms with E-state index in [-0.39, 0.29) is 10.8 Å². The highest BCUT2D eigenvalue weighted by molar-refractivity contribution is 7.80. The Kier molecular flexibility index (Phi) is 7.26.